The lowest BCUT2D eigenvalue weighted by molar-refractivity contribution is -0.115. The molecule has 0 saturated carbocycles. The highest BCUT2D eigenvalue weighted by Crippen LogP contribution is 2.17. The molecular weight excluding hydrogens is 332 g/mol. The molecule has 120 valence electrons. The van der Waals surface area contributed by atoms with E-state index >= 15 is 0 Å². The van der Waals surface area contributed by atoms with E-state index in [2.05, 4.69) is 10.6 Å². The fraction of sp³-hybridized carbons (Fsp3) is 0. The van der Waals surface area contributed by atoms with Crippen molar-refractivity contribution in [1.29, 1.82) is 0 Å². The molecule has 0 atom stereocenters. The average molecular weight is 343 g/mol. The highest BCUT2D eigenvalue weighted by atomic mass is 35.5. The van der Waals surface area contributed by atoms with Crippen molar-refractivity contribution in [2.75, 3.05) is 0 Å². The summed E-state index contributed by atoms with van der Waals surface area (Å²) >= 11 is 5.77. The maximum absolute atomic E-state index is 12.0. The number of amides is 3. The third-order valence-corrected chi connectivity index (χ3v) is 3.45. The number of urea groups is 1. The van der Waals surface area contributed by atoms with Crippen molar-refractivity contribution in [3.63, 3.8) is 0 Å². The summed E-state index contributed by atoms with van der Waals surface area (Å²) in [6.45, 7) is 0. The first-order valence-corrected chi connectivity index (χ1v) is 7.31. The van der Waals surface area contributed by atoms with Crippen LogP contribution in [0.1, 0.15) is 15.9 Å². The van der Waals surface area contributed by atoms with Crippen molar-refractivity contribution < 1.29 is 19.1 Å². The van der Waals surface area contributed by atoms with Crippen LogP contribution in [0.4, 0.5) is 4.79 Å². The molecule has 6 nitrogen and oxygen atoms in total. The van der Waals surface area contributed by atoms with Crippen LogP contribution in [0.2, 0.25) is 5.02 Å². The van der Waals surface area contributed by atoms with Gasteiger partial charge in [-0.2, -0.15) is 0 Å². The maximum atomic E-state index is 12.0. The van der Waals surface area contributed by atoms with Gasteiger partial charge in [-0.3, -0.25) is 10.1 Å². The molecule has 1 aliphatic rings. The summed E-state index contributed by atoms with van der Waals surface area (Å²) in [7, 11) is 0. The molecule has 0 radical (unpaired) electrons. The molecule has 3 rings (SSSR count). The molecule has 2 N–H and O–H groups in total. The van der Waals surface area contributed by atoms with E-state index in [1.807, 2.05) is 0 Å². The highest BCUT2D eigenvalue weighted by molar-refractivity contribution is 6.30. The largest absolute Gasteiger partial charge is 0.423 e. The van der Waals surface area contributed by atoms with E-state index in [1.54, 1.807) is 48.5 Å². The molecule has 7 heteroatoms. The number of halogens is 1. The molecule has 1 fully saturated rings. The summed E-state index contributed by atoms with van der Waals surface area (Å²) in [4.78, 5) is 34.5. The molecule has 1 heterocycles. The minimum absolute atomic E-state index is 0.158. The number of benzene rings is 2. The first kappa shape index (κ1) is 15.8. The number of nitrogens with one attached hydrogen (secondary N) is 2. The lowest BCUT2D eigenvalue weighted by atomic mass is 10.2. The Morgan fingerprint density at radius 2 is 1.62 bits per heavy atom. The molecule has 2 aromatic carbocycles. The summed E-state index contributed by atoms with van der Waals surface area (Å²) in [5.41, 5.74) is 1.22. The zero-order valence-corrected chi connectivity index (χ0v) is 13.0. The second kappa shape index (κ2) is 6.55. The standard InChI is InChI=1S/C17H11ClN2O4/c18-12-5-3-11(4-6-12)16(22)24-13-7-1-10(2-8-13)9-14-15(21)20-17(23)19-14/h1-9H,(H2,19,20,21,23)/b14-9+. The van der Waals surface area contributed by atoms with Gasteiger partial charge in [-0.1, -0.05) is 23.7 Å². The third-order valence-electron chi connectivity index (χ3n) is 3.20. The number of rotatable bonds is 3. The quantitative estimate of drug-likeness (QED) is 0.389. The highest BCUT2D eigenvalue weighted by Gasteiger charge is 2.22. The molecule has 0 aliphatic carbocycles. The van der Waals surface area contributed by atoms with E-state index in [4.69, 9.17) is 16.3 Å². The van der Waals surface area contributed by atoms with Gasteiger partial charge in [0.15, 0.2) is 0 Å². The minimum atomic E-state index is -0.556. The van der Waals surface area contributed by atoms with E-state index in [0.29, 0.717) is 21.9 Å². The Hall–Kier alpha value is -3.12. The van der Waals surface area contributed by atoms with E-state index in [-0.39, 0.29) is 5.70 Å². The van der Waals surface area contributed by atoms with Gasteiger partial charge >= 0.3 is 12.0 Å². The predicted octanol–water partition coefficient (Wildman–Crippen LogP) is 2.74. The van der Waals surface area contributed by atoms with Gasteiger partial charge in [-0.15, -0.1) is 0 Å². The number of hydrogen-bond donors (Lipinski definition) is 2. The Morgan fingerprint density at radius 3 is 2.21 bits per heavy atom. The normalized spacial score (nSPS) is 15.1. The summed E-state index contributed by atoms with van der Waals surface area (Å²) in [6, 6.07) is 12.3. The van der Waals surface area contributed by atoms with Crippen molar-refractivity contribution in [3.8, 4) is 5.75 Å². The smallest absolute Gasteiger partial charge is 0.343 e. The molecule has 1 aliphatic heterocycles. The molecule has 2 aromatic rings. The van der Waals surface area contributed by atoms with Gasteiger partial charge in [0.2, 0.25) is 0 Å². The summed E-state index contributed by atoms with van der Waals surface area (Å²) in [5, 5.41) is 5.04. The molecular formula is C17H11ClN2O4. The molecule has 1 saturated heterocycles. The number of esters is 1. The van der Waals surface area contributed by atoms with E-state index in [9.17, 15) is 14.4 Å². The van der Waals surface area contributed by atoms with Gasteiger partial charge < -0.3 is 10.1 Å². The summed E-state index contributed by atoms with van der Waals surface area (Å²) < 4.78 is 5.25. The van der Waals surface area contributed by atoms with Gasteiger partial charge in [-0.25, -0.2) is 9.59 Å². The lowest BCUT2D eigenvalue weighted by Crippen LogP contribution is -2.22. The Morgan fingerprint density at radius 1 is 0.958 bits per heavy atom. The second-order valence-electron chi connectivity index (χ2n) is 4.93. The minimum Gasteiger partial charge on any atom is -0.423 e. The summed E-state index contributed by atoms with van der Waals surface area (Å²) in [6.07, 6.45) is 1.52. The van der Waals surface area contributed by atoms with Crippen LogP contribution in [0.25, 0.3) is 6.08 Å². The Labute approximate surface area is 142 Å². The number of hydrogen-bond acceptors (Lipinski definition) is 4. The predicted molar refractivity (Wildman–Crippen MR) is 87.5 cm³/mol. The van der Waals surface area contributed by atoms with Crippen molar-refractivity contribution in [2.24, 2.45) is 0 Å². The van der Waals surface area contributed by atoms with E-state index < -0.39 is 17.9 Å². The van der Waals surface area contributed by atoms with Gasteiger partial charge in [0, 0.05) is 5.02 Å². The van der Waals surface area contributed by atoms with Gasteiger partial charge in [0.1, 0.15) is 11.4 Å². The monoisotopic (exact) mass is 342 g/mol. The molecule has 3 amide bonds. The number of carbonyl (C=O) groups is 3. The van der Waals surface area contributed by atoms with Crippen molar-refractivity contribution in [3.05, 3.63) is 70.4 Å². The maximum Gasteiger partial charge on any atom is 0.343 e. The fourth-order valence-electron chi connectivity index (χ4n) is 2.03. The van der Waals surface area contributed by atoms with E-state index in [1.165, 1.54) is 6.08 Å². The van der Waals surface area contributed by atoms with Crippen LogP contribution in [0.3, 0.4) is 0 Å². The Kier molecular flexibility index (Phi) is 4.31. The second-order valence-corrected chi connectivity index (χ2v) is 5.37. The van der Waals surface area contributed by atoms with Crippen molar-refractivity contribution in [2.45, 2.75) is 0 Å². The van der Waals surface area contributed by atoms with Crippen LogP contribution in [-0.2, 0) is 4.79 Å². The first-order chi connectivity index (χ1) is 11.5. The van der Waals surface area contributed by atoms with Crippen LogP contribution in [0.15, 0.2) is 54.2 Å². The van der Waals surface area contributed by atoms with Gasteiger partial charge in [0.05, 0.1) is 5.56 Å². The third kappa shape index (κ3) is 3.61. The molecule has 0 aromatic heterocycles. The fourth-order valence-corrected chi connectivity index (χ4v) is 2.16. The lowest BCUT2D eigenvalue weighted by Gasteiger charge is -2.05. The van der Waals surface area contributed by atoms with Gasteiger partial charge in [0.25, 0.3) is 5.91 Å². The molecule has 0 unspecified atom stereocenters. The topological polar surface area (TPSA) is 84.5 Å². The Balaban J connectivity index is 1.69. The number of ether oxygens (including phenoxy) is 1. The zero-order valence-electron chi connectivity index (χ0n) is 12.2. The molecule has 0 spiro atoms. The molecule has 0 bridgehead atoms. The van der Waals surface area contributed by atoms with Crippen molar-refractivity contribution >= 4 is 35.6 Å². The van der Waals surface area contributed by atoms with Crippen LogP contribution < -0.4 is 15.4 Å². The average Bonchev–Trinajstić information content (AvgIpc) is 2.87. The zero-order chi connectivity index (χ0) is 17.1. The van der Waals surface area contributed by atoms with E-state index in [0.717, 1.165) is 0 Å². The van der Waals surface area contributed by atoms with Crippen LogP contribution in [-0.4, -0.2) is 17.9 Å². The number of carbonyl (C=O) groups excluding carboxylic acids is 3. The van der Waals surface area contributed by atoms with Crippen LogP contribution in [0, 0.1) is 0 Å². The van der Waals surface area contributed by atoms with Crippen LogP contribution >= 0.6 is 11.6 Å². The SMILES string of the molecule is O=C1NC(=O)/C(=C\c2ccc(OC(=O)c3ccc(Cl)cc3)cc2)N1. The van der Waals surface area contributed by atoms with Crippen LogP contribution in [0.5, 0.6) is 5.75 Å². The first-order valence-electron chi connectivity index (χ1n) is 6.93. The number of imide groups is 1. The van der Waals surface area contributed by atoms with Crippen molar-refractivity contribution in [1.82, 2.24) is 10.6 Å². The molecule has 24 heavy (non-hydrogen) atoms. The van der Waals surface area contributed by atoms with Gasteiger partial charge in [-0.05, 0) is 48.0 Å². The summed E-state index contributed by atoms with van der Waals surface area (Å²) in [5.74, 6) is -0.629. The Bertz CT molecular complexity index is 842.